The van der Waals surface area contributed by atoms with Gasteiger partial charge in [0.1, 0.15) is 11.5 Å². The summed E-state index contributed by atoms with van der Waals surface area (Å²) in [5.74, 6) is -1.14. The second-order valence-corrected chi connectivity index (χ2v) is 2.79. The number of carbonyl (C=O) groups is 1. The predicted molar refractivity (Wildman–Crippen MR) is 46.9 cm³/mol. The largest absolute Gasteiger partial charge is 0.383 e. The van der Waals surface area contributed by atoms with Crippen molar-refractivity contribution in [3.63, 3.8) is 0 Å². The molecule has 4 N–H and O–H groups in total. The van der Waals surface area contributed by atoms with Gasteiger partial charge in [-0.3, -0.25) is 4.79 Å². The molecule has 0 aliphatic heterocycles. The van der Waals surface area contributed by atoms with E-state index < -0.39 is 12.3 Å². The van der Waals surface area contributed by atoms with Crippen LogP contribution in [-0.4, -0.2) is 10.9 Å². The second kappa shape index (κ2) is 3.57. The molecule has 0 aliphatic carbocycles. The fraction of sp³-hybridized carbons (Fsp3) is 0.250. The number of alkyl halides is 2. The third-order valence-electron chi connectivity index (χ3n) is 1.77. The predicted octanol–water partition coefficient (Wildman–Crippen LogP) is 1.01. The van der Waals surface area contributed by atoms with E-state index in [0.29, 0.717) is 0 Å². The monoisotopic (exact) mass is 201 g/mol. The summed E-state index contributed by atoms with van der Waals surface area (Å²) in [5.41, 5.74) is 9.95. The number of aromatic nitrogens is 1. The van der Waals surface area contributed by atoms with Crippen LogP contribution in [0.5, 0.6) is 0 Å². The molecule has 0 atom stereocenters. The first-order valence-electron chi connectivity index (χ1n) is 3.78. The summed E-state index contributed by atoms with van der Waals surface area (Å²) in [6.45, 7) is 1.42. The highest BCUT2D eigenvalue weighted by Gasteiger charge is 2.17. The van der Waals surface area contributed by atoms with Crippen LogP contribution in [0.2, 0.25) is 0 Å². The highest BCUT2D eigenvalue weighted by atomic mass is 19.3. The molecule has 0 aromatic carbocycles. The van der Waals surface area contributed by atoms with Gasteiger partial charge in [0.05, 0.1) is 5.56 Å². The van der Waals surface area contributed by atoms with Gasteiger partial charge in [-0.2, -0.15) is 0 Å². The first-order valence-corrected chi connectivity index (χ1v) is 3.78. The smallest absolute Gasteiger partial charge is 0.267 e. The third-order valence-corrected chi connectivity index (χ3v) is 1.77. The molecule has 0 bridgehead atoms. The number of carbonyl (C=O) groups excluding carboxylic acids is 1. The Morgan fingerprint density at radius 1 is 1.57 bits per heavy atom. The van der Waals surface area contributed by atoms with E-state index in [1.165, 1.54) is 13.0 Å². The highest BCUT2D eigenvalue weighted by molar-refractivity contribution is 5.91. The molecule has 0 aliphatic rings. The summed E-state index contributed by atoms with van der Waals surface area (Å²) in [6, 6.07) is 1.19. The van der Waals surface area contributed by atoms with Gasteiger partial charge in [0.25, 0.3) is 12.3 Å². The van der Waals surface area contributed by atoms with Crippen molar-refractivity contribution >= 4 is 11.7 Å². The van der Waals surface area contributed by atoms with Gasteiger partial charge < -0.3 is 11.5 Å². The number of nitrogens with two attached hydrogens (primary N) is 2. The van der Waals surface area contributed by atoms with Gasteiger partial charge in [0, 0.05) is 0 Å². The SMILES string of the molecule is Cc1cc(C(N)=O)nc(N)c1C(F)F. The first-order chi connectivity index (χ1) is 6.43. The standard InChI is InChI=1S/C8H9F2N3O/c1-3-2-4(8(12)14)13-7(11)5(3)6(9)10/h2,6H,1H3,(H2,11,13)(H2,12,14). The second-order valence-electron chi connectivity index (χ2n) is 2.79. The number of nitrogens with zero attached hydrogens (tertiary/aromatic N) is 1. The summed E-state index contributed by atoms with van der Waals surface area (Å²) in [4.78, 5) is 14.2. The van der Waals surface area contributed by atoms with Crippen LogP contribution in [0.3, 0.4) is 0 Å². The fourth-order valence-corrected chi connectivity index (χ4v) is 1.12. The molecule has 1 aromatic rings. The van der Waals surface area contributed by atoms with Crippen LogP contribution >= 0.6 is 0 Å². The summed E-state index contributed by atoms with van der Waals surface area (Å²) in [7, 11) is 0. The molecule has 4 nitrogen and oxygen atoms in total. The molecule has 0 saturated heterocycles. The minimum absolute atomic E-state index is 0.107. The Labute approximate surface area is 78.9 Å². The molecule has 1 aromatic heterocycles. The number of primary amides is 1. The van der Waals surface area contributed by atoms with Crippen molar-refractivity contribution in [2.24, 2.45) is 5.73 Å². The molecule has 14 heavy (non-hydrogen) atoms. The quantitative estimate of drug-likeness (QED) is 0.749. The van der Waals surface area contributed by atoms with Crippen LogP contribution < -0.4 is 11.5 Å². The lowest BCUT2D eigenvalue weighted by molar-refractivity contribution is 0.0994. The van der Waals surface area contributed by atoms with Crippen LogP contribution in [0, 0.1) is 6.92 Å². The summed E-state index contributed by atoms with van der Waals surface area (Å²) < 4.78 is 24.8. The van der Waals surface area contributed by atoms with Crippen molar-refractivity contribution in [1.29, 1.82) is 0 Å². The average molecular weight is 201 g/mol. The van der Waals surface area contributed by atoms with E-state index in [-0.39, 0.29) is 22.6 Å². The Kier molecular flexibility index (Phi) is 2.64. The minimum atomic E-state index is -2.70. The number of hydrogen-bond donors (Lipinski definition) is 2. The van der Waals surface area contributed by atoms with E-state index in [4.69, 9.17) is 11.5 Å². The maximum absolute atomic E-state index is 12.4. The van der Waals surface area contributed by atoms with E-state index in [2.05, 4.69) is 4.98 Å². The van der Waals surface area contributed by atoms with Crippen molar-refractivity contribution < 1.29 is 13.6 Å². The molecular formula is C8H9F2N3O. The molecule has 1 heterocycles. The zero-order valence-electron chi connectivity index (χ0n) is 7.42. The van der Waals surface area contributed by atoms with Crippen LogP contribution in [-0.2, 0) is 0 Å². The molecule has 6 heteroatoms. The third kappa shape index (κ3) is 1.78. The minimum Gasteiger partial charge on any atom is -0.383 e. The van der Waals surface area contributed by atoms with Crippen molar-refractivity contribution in [3.8, 4) is 0 Å². The Morgan fingerprint density at radius 2 is 2.14 bits per heavy atom. The molecule has 0 radical (unpaired) electrons. The van der Waals surface area contributed by atoms with Crippen molar-refractivity contribution in [2.45, 2.75) is 13.3 Å². The maximum Gasteiger partial charge on any atom is 0.267 e. The lowest BCUT2D eigenvalue weighted by atomic mass is 10.1. The van der Waals surface area contributed by atoms with E-state index in [1.807, 2.05) is 0 Å². The molecule has 76 valence electrons. The molecule has 1 amide bonds. The highest BCUT2D eigenvalue weighted by Crippen LogP contribution is 2.27. The molecule has 0 unspecified atom stereocenters. The maximum atomic E-state index is 12.4. The van der Waals surface area contributed by atoms with Crippen LogP contribution in [0.15, 0.2) is 6.07 Å². The summed E-state index contributed by atoms with van der Waals surface area (Å²) in [6.07, 6.45) is -2.70. The number of anilines is 1. The van der Waals surface area contributed by atoms with Gasteiger partial charge in [-0.25, -0.2) is 13.8 Å². The van der Waals surface area contributed by atoms with Crippen molar-refractivity contribution in [2.75, 3.05) is 5.73 Å². The lowest BCUT2D eigenvalue weighted by Gasteiger charge is -2.08. The summed E-state index contributed by atoms with van der Waals surface area (Å²) >= 11 is 0. The van der Waals surface area contributed by atoms with Crippen LogP contribution in [0.25, 0.3) is 0 Å². The van der Waals surface area contributed by atoms with Crippen LogP contribution in [0.4, 0.5) is 14.6 Å². The van der Waals surface area contributed by atoms with Gasteiger partial charge in [-0.15, -0.1) is 0 Å². The first kappa shape index (κ1) is 10.4. The normalized spacial score (nSPS) is 10.6. The van der Waals surface area contributed by atoms with Gasteiger partial charge in [0.15, 0.2) is 0 Å². The molecule has 0 spiro atoms. The van der Waals surface area contributed by atoms with E-state index >= 15 is 0 Å². The van der Waals surface area contributed by atoms with Gasteiger partial charge in [0.2, 0.25) is 0 Å². The number of rotatable bonds is 2. The zero-order chi connectivity index (χ0) is 10.9. The van der Waals surface area contributed by atoms with E-state index in [9.17, 15) is 13.6 Å². The van der Waals surface area contributed by atoms with Crippen molar-refractivity contribution in [3.05, 3.63) is 22.9 Å². The number of amides is 1. The Hall–Kier alpha value is -1.72. The zero-order valence-corrected chi connectivity index (χ0v) is 7.42. The van der Waals surface area contributed by atoms with Gasteiger partial charge in [-0.05, 0) is 18.6 Å². The summed E-state index contributed by atoms with van der Waals surface area (Å²) in [5, 5.41) is 0. The van der Waals surface area contributed by atoms with Gasteiger partial charge >= 0.3 is 0 Å². The number of nitrogen functional groups attached to an aromatic ring is 1. The molecule has 1 rings (SSSR count). The van der Waals surface area contributed by atoms with Crippen molar-refractivity contribution in [1.82, 2.24) is 4.98 Å². The number of halogens is 2. The van der Waals surface area contributed by atoms with Gasteiger partial charge in [-0.1, -0.05) is 0 Å². The Bertz CT molecular complexity index is 356. The topological polar surface area (TPSA) is 82.0 Å². The average Bonchev–Trinajstić information content (AvgIpc) is 2.01. The molecular weight excluding hydrogens is 192 g/mol. The Morgan fingerprint density at radius 3 is 2.50 bits per heavy atom. The molecule has 0 saturated carbocycles. The number of hydrogen-bond acceptors (Lipinski definition) is 3. The Balaban J connectivity index is 3.32. The van der Waals surface area contributed by atoms with E-state index in [1.54, 1.807) is 0 Å². The molecule has 0 fully saturated rings. The lowest BCUT2D eigenvalue weighted by Crippen LogP contribution is -2.15. The van der Waals surface area contributed by atoms with E-state index in [0.717, 1.165) is 0 Å². The number of aryl methyl sites for hydroxylation is 1. The fourth-order valence-electron chi connectivity index (χ4n) is 1.12. The number of pyridine rings is 1. The van der Waals surface area contributed by atoms with Crippen LogP contribution in [0.1, 0.15) is 28.0 Å².